The van der Waals surface area contributed by atoms with E-state index in [1.807, 2.05) is 6.92 Å². The van der Waals surface area contributed by atoms with Gasteiger partial charge in [0.25, 0.3) is 5.91 Å². The number of hydrogen-bond acceptors (Lipinski definition) is 5. The minimum absolute atomic E-state index is 0.0297. The Balaban J connectivity index is 1.68. The molecule has 140 valence electrons. The Kier molecular flexibility index (Phi) is 7.15. The Hall–Kier alpha value is -1.71. The topological polar surface area (TPSA) is 79.0 Å². The standard InChI is InChI=1S/C16H24FN3O4S/c1-2-19-8-10-20(11-9-19)25(22,23)12-7-18-16(21)13-24-15-5-3-14(17)4-6-15/h3-6H,2,7-13H2,1H3,(H,18,21). The highest BCUT2D eigenvalue weighted by Crippen LogP contribution is 2.10. The predicted molar refractivity (Wildman–Crippen MR) is 92.4 cm³/mol. The van der Waals surface area contributed by atoms with Gasteiger partial charge in [0.1, 0.15) is 11.6 Å². The monoisotopic (exact) mass is 373 g/mol. The number of benzene rings is 1. The average Bonchev–Trinajstić information content (AvgIpc) is 2.61. The smallest absolute Gasteiger partial charge is 0.257 e. The van der Waals surface area contributed by atoms with E-state index < -0.39 is 15.9 Å². The number of ether oxygens (including phenoxy) is 1. The van der Waals surface area contributed by atoms with Crippen molar-refractivity contribution < 1.29 is 22.3 Å². The van der Waals surface area contributed by atoms with Gasteiger partial charge in [-0.1, -0.05) is 6.92 Å². The van der Waals surface area contributed by atoms with Crippen molar-refractivity contribution in [2.75, 3.05) is 51.6 Å². The van der Waals surface area contributed by atoms with Gasteiger partial charge in [0.15, 0.2) is 6.61 Å². The Morgan fingerprint density at radius 3 is 2.44 bits per heavy atom. The van der Waals surface area contributed by atoms with E-state index in [-0.39, 0.29) is 24.7 Å². The summed E-state index contributed by atoms with van der Waals surface area (Å²) in [5, 5.41) is 2.53. The Labute approximate surface area is 147 Å². The minimum atomic E-state index is -3.37. The molecule has 7 nitrogen and oxygen atoms in total. The van der Waals surface area contributed by atoms with Crippen LogP contribution in [0.5, 0.6) is 5.75 Å². The number of piperazine rings is 1. The number of likely N-dealkylation sites (N-methyl/N-ethyl adjacent to an activating group) is 1. The molecule has 1 aliphatic rings. The van der Waals surface area contributed by atoms with Gasteiger partial charge in [-0.25, -0.2) is 12.8 Å². The van der Waals surface area contributed by atoms with Crippen LogP contribution in [0.2, 0.25) is 0 Å². The van der Waals surface area contributed by atoms with Gasteiger partial charge in [0.05, 0.1) is 5.75 Å². The third-order valence-corrected chi connectivity index (χ3v) is 5.91. The fourth-order valence-corrected chi connectivity index (χ4v) is 3.84. The number of rotatable bonds is 8. The summed E-state index contributed by atoms with van der Waals surface area (Å²) in [4.78, 5) is 13.9. The van der Waals surface area contributed by atoms with Crippen LogP contribution in [0.4, 0.5) is 4.39 Å². The first kappa shape index (κ1) is 19.6. The molecule has 1 N–H and O–H groups in total. The maximum Gasteiger partial charge on any atom is 0.257 e. The van der Waals surface area contributed by atoms with Gasteiger partial charge in [-0.2, -0.15) is 4.31 Å². The summed E-state index contributed by atoms with van der Waals surface area (Å²) in [5.41, 5.74) is 0. The SMILES string of the molecule is CCN1CCN(S(=O)(=O)CCNC(=O)COc2ccc(F)cc2)CC1. The van der Waals surface area contributed by atoms with E-state index in [0.717, 1.165) is 19.6 Å². The van der Waals surface area contributed by atoms with E-state index >= 15 is 0 Å². The van der Waals surface area contributed by atoms with Crippen molar-refractivity contribution in [1.29, 1.82) is 0 Å². The van der Waals surface area contributed by atoms with Gasteiger partial charge in [-0.15, -0.1) is 0 Å². The number of carbonyl (C=O) groups excluding carboxylic acids is 1. The van der Waals surface area contributed by atoms with Crippen LogP contribution in [-0.4, -0.2) is 75.2 Å². The van der Waals surface area contributed by atoms with E-state index in [1.165, 1.54) is 28.6 Å². The Morgan fingerprint density at radius 2 is 1.84 bits per heavy atom. The minimum Gasteiger partial charge on any atom is -0.484 e. The second-order valence-electron chi connectivity index (χ2n) is 5.74. The summed E-state index contributed by atoms with van der Waals surface area (Å²) in [6.45, 7) is 5.17. The molecule has 0 aliphatic carbocycles. The number of halogens is 1. The Morgan fingerprint density at radius 1 is 1.20 bits per heavy atom. The van der Waals surface area contributed by atoms with Gasteiger partial charge in [0, 0.05) is 32.7 Å². The number of nitrogens with one attached hydrogen (secondary N) is 1. The summed E-state index contributed by atoms with van der Waals surface area (Å²) in [5.74, 6) is -0.573. The first-order valence-corrected chi connectivity index (χ1v) is 9.87. The second-order valence-corrected chi connectivity index (χ2v) is 7.83. The Bertz CT molecular complexity index is 658. The molecule has 0 bridgehead atoms. The van der Waals surface area contributed by atoms with Crippen LogP contribution in [-0.2, 0) is 14.8 Å². The summed E-state index contributed by atoms with van der Waals surface area (Å²) in [6, 6.07) is 5.31. The first-order chi connectivity index (χ1) is 11.9. The van der Waals surface area contributed by atoms with Gasteiger partial charge < -0.3 is 15.0 Å². The lowest BCUT2D eigenvalue weighted by Gasteiger charge is -2.33. The van der Waals surface area contributed by atoms with Crippen molar-refractivity contribution in [3.8, 4) is 5.75 Å². The van der Waals surface area contributed by atoms with Crippen LogP contribution in [0.15, 0.2) is 24.3 Å². The largest absolute Gasteiger partial charge is 0.484 e. The highest BCUT2D eigenvalue weighted by molar-refractivity contribution is 7.89. The molecule has 1 saturated heterocycles. The number of hydrogen-bond donors (Lipinski definition) is 1. The van der Waals surface area contributed by atoms with Crippen LogP contribution in [0.1, 0.15) is 6.92 Å². The molecule has 2 rings (SSSR count). The van der Waals surface area contributed by atoms with Crippen molar-refractivity contribution in [3.63, 3.8) is 0 Å². The van der Waals surface area contributed by atoms with Crippen molar-refractivity contribution in [1.82, 2.24) is 14.5 Å². The molecule has 1 aromatic rings. The summed E-state index contributed by atoms with van der Waals surface area (Å²) >= 11 is 0. The quantitative estimate of drug-likeness (QED) is 0.709. The summed E-state index contributed by atoms with van der Waals surface area (Å²) in [6.07, 6.45) is 0. The molecular weight excluding hydrogens is 349 g/mol. The molecule has 0 aromatic heterocycles. The van der Waals surface area contributed by atoms with Crippen molar-refractivity contribution in [2.45, 2.75) is 6.92 Å². The third-order valence-electron chi connectivity index (χ3n) is 4.04. The lowest BCUT2D eigenvalue weighted by atomic mass is 10.3. The molecule has 0 spiro atoms. The van der Waals surface area contributed by atoms with Gasteiger partial charge in [-0.05, 0) is 30.8 Å². The number of nitrogens with zero attached hydrogens (tertiary/aromatic N) is 2. The molecule has 1 aliphatic heterocycles. The number of carbonyl (C=O) groups is 1. The zero-order valence-corrected chi connectivity index (χ0v) is 15.1. The van der Waals surface area contributed by atoms with Crippen molar-refractivity contribution in [2.24, 2.45) is 0 Å². The number of sulfonamides is 1. The van der Waals surface area contributed by atoms with Gasteiger partial charge in [0.2, 0.25) is 10.0 Å². The maximum atomic E-state index is 12.8. The molecule has 1 amide bonds. The predicted octanol–water partition coefficient (Wildman–Crippen LogP) is 0.288. The fraction of sp³-hybridized carbons (Fsp3) is 0.562. The van der Waals surface area contributed by atoms with E-state index in [0.29, 0.717) is 18.8 Å². The van der Waals surface area contributed by atoms with Crippen LogP contribution < -0.4 is 10.1 Å². The molecule has 1 fully saturated rings. The first-order valence-electron chi connectivity index (χ1n) is 8.26. The molecule has 0 saturated carbocycles. The van der Waals surface area contributed by atoms with Crippen LogP contribution >= 0.6 is 0 Å². The number of amides is 1. The van der Waals surface area contributed by atoms with Gasteiger partial charge >= 0.3 is 0 Å². The molecule has 0 radical (unpaired) electrons. The van der Waals surface area contributed by atoms with Crippen LogP contribution in [0.25, 0.3) is 0 Å². The summed E-state index contributed by atoms with van der Waals surface area (Å²) < 4.78 is 44.0. The van der Waals surface area contributed by atoms with Crippen LogP contribution in [0, 0.1) is 5.82 Å². The molecule has 25 heavy (non-hydrogen) atoms. The summed E-state index contributed by atoms with van der Waals surface area (Å²) in [7, 11) is -3.37. The second kappa shape index (κ2) is 9.12. The van der Waals surface area contributed by atoms with Crippen molar-refractivity contribution in [3.05, 3.63) is 30.1 Å². The molecule has 0 atom stereocenters. The zero-order chi connectivity index (χ0) is 18.3. The lowest BCUT2D eigenvalue weighted by Crippen LogP contribution is -2.50. The van der Waals surface area contributed by atoms with Crippen molar-refractivity contribution >= 4 is 15.9 Å². The normalized spacial score (nSPS) is 16.6. The molecule has 9 heteroatoms. The van der Waals surface area contributed by atoms with E-state index in [1.54, 1.807) is 0 Å². The van der Waals surface area contributed by atoms with E-state index in [4.69, 9.17) is 4.74 Å². The third kappa shape index (κ3) is 6.26. The van der Waals surface area contributed by atoms with E-state index in [9.17, 15) is 17.6 Å². The lowest BCUT2D eigenvalue weighted by molar-refractivity contribution is -0.122. The maximum absolute atomic E-state index is 12.8. The fourth-order valence-electron chi connectivity index (χ4n) is 2.50. The molecular formula is C16H24FN3O4S. The highest BCUT2D eigenvalue weighted by atomic mass is 32.2. The van der Waals surface area contributed by atoms with E-state index in [2.05, 4.69) is 10.2 Å². The highest BCUT2D eigenvalue weighted by Gasteiger charge is 2.26. The van der Waals surface area contributed by atoms with Crippen LogP contribution in [0.3, 0.4) is 0 Å². The average molecular weight is 373 g/mol. The van der Waals surface area contributed by atoms with Gasteiger partial charge in [-0.3, -0.25) is 4.79 Å². The molecule has 1 heterocycles. The zero-order valence-electron chi connectivity index (χ0n) is 14.3. The molecule has 1 aromatic carbocycles. The molecule has 0 unspecified atom stereocenters.